The summed E-state index contributed by atoms with van der Waals surface area (Å²) in [6.45, 7) is 1.04. The Balaban J connectivity index is 2.20. The number of nitrogens with zero attached hydrogens (tertiary/aromatic N) is 1. The van der Waals surface area contributed by atoms with Gasteiger partial charge in [-0.15, -0.1) is 0 Å². The van der Waals surface area contributed by atoms with Crippen molar-refractivity contribution in [3.63, 3.8) is 0 Å². The zero-order valence-electron chi connectivity index (χ0n) is 10.3. The van der Waals surface area contributed by atoms with E-state index in [4.69, 9.17) is 5.11 Å². The molecule has 0 radical (unpaired) electrons. The largest absolute Gasteiger partial charge is 0.478 e. The summed E-state index contributed by atoms with van der Waals surface area (Å²) in [5.74, 6) is -1.59. The number of carbonyl (C=O) groups excluding carboxylic acids is 2. The van der Waals surface area contributed by atoms with E-state index in [1.807, 2.05) is 0 Å². The highest BCUT2D eigenvalue weighted by atomic mass is 16.4. The number of amides is 2. The first-order chi connectivity index (χ1) is 9.08. The first kappa shape index (κ1) is 13.1. The summed E-state index contributed by atoms with van der Waals surface area (Å²) in [5, 5.41) is 11.6. The second-order valence-corrected chi connectivity index (χ2v) is 4.32. The molecule has 0 saturated carbocycles. The fourth-order valence-electron chi connectivity index (χ4n) is 1.95. The minimum absolute atomic E-state index is 0.0101. The van der Waals surface area contributed by atoms with Gasteiger partial charge >= 0.3 is 5.97 Å². The minimum Gasteiger partial charge on any atom is -0.478 e. The summed E-state index contributed by atoms with van der Waals surface area (Å²) in [5.41, 5.74) is 0.347. The molecule has 1 aromatic carbocycles. The number of carbonyl (C=O) groups is 3. The average Bonchev–Trinajstić information content (AvgIpc) is 2.62. The van der Waals surface area contributed by atoms with E-state index in [0.717, 1.165) is 0 Å². The molecule has 2 amide bonds. The van der Waals surface area contributed by atoms with Gasteiger partial charge in [-0.1, -0.05) is 6.07 Å². The Morgan fingerprint density at radius 3 is 2.74 bits per heavy atom. The molecule has 0 bridgehead atoms. The fraction of sp³-hybridized carbons (Fsp3) is 0.308. The van der Waals surface area contributed by atoms with Crippen LogP contribution in [0.3, 0.4) is 0 Å². The summed E-state index contributed by atoms with van der Waals surface area (Å²) in [6, 6.07) is 5.83. The minimum atomic E-state index is -1.08. The van der Waals surface area contributed by atoms with Crippen LogP contribution in [0, 0.1) is 0 Å². The Hall–Kier alpha value is -2.37. The van der Waals surface area contributed by atoms with Gasteiger partial charge in [-0.3, -0.25) is 9.59 Å². The molecule has 1 aromatic rings. The molecule has 0 aromatic heterocycles. The van der Waals surface area contributed by atoms with Crippen molar-refractivity contribution in [2.75, 3.05) is 19.6 Å². The SMILES string of the molecule is O=C1CN(C(=O)c2cccc(C(=O)O)c2)CCCN1. The lowest BCUT2D eigenvalue weighted by atomic mass is 10.1. The molecule has 1 aliphatic heterocycles. The third-order valence-corrected chi connectivity index (χ3v) is 2.91. The number of benzene rings is 1. The summed E-state index contributed by atoms with van der Waals surface area (Å²) in [6.07, 6.45) is 0.691. The number of carboxylic acids is 1. The van der Waals surface area contributed by atoms with Gasteiger partial charge in [0.25, 0.3) is 5.91 Å². The van der Waals surface area contributed by atoms with Crippen molar-refractivity contribution in [1.82, 2.24) is 10.2 Å². The lowest BCUT2D eigenvalue weighted by Gasteiger charge is -2.19. The van der Waals surface area contributed by atoms with Crippen LogP contribution in [0.4, 0.5) is 0 Å². The van der Waals surface area contributed by atoms with Crippen molar-refractivity contribution in [2.24, 2.45) is 0 Å². The van der Waals surface area contributed by atoms with E-state index in [0.29, 0.717) is 19.5 Å². The molecule has 6 heteroatoms. The Morgan fingerprint density at radius 2 is 2.00 bits per heavy atom. The summed E-state index contributed by atoms with van der Waals surface area (Å²) >= 11 is 0. The van der Waals surface area contributed by atoms with E-state index in [1.54, 1.807) is 6.07 Å². The molecule has 1 heterocycles. The van der Waals surface area contributed by atoms with E-state index < -0.39 is 5.97 Å². The lowest BCUT2D eigenvalue weighted by molar-refractivity contribution is -0.121. The molecule has 1 fully saturated rings. The number of aromatic carboxylic acids is 1. The molecule has 2 rings (SSSR count). The Bertz CT molecular complexity index is 527. The highest BCUT2D eigenvalue weighted by Gasteiger charge is 2.21. The number of carboxylic acid groups (broad SMARTS) is 1. The van der Waals surface area contributed by atoms with Crippen LogP contribution in [0.5, 0.6) is 0 Å². The predicted octanol–water partition coefficient (Wildman–Crippen LogP) is 0.347. The van der Waals surface area contributed by atoms with Crippen LogP contribution in [0.1, 0.15) is 27.1 Å². The van der Waals surface area contributed by atoms with Crippen LogP contribution in [-0.2, 0) is 4.79 Å². The second kappa shape index (κ2) is 5.51. The van der Waals surface area contributed by atoms with E-state index >= 15 is 0 Å². The maximum Gasteiger partial charge on any atom is 0.335 e. The van der Waals surface area contributed by atoms with Crippen LogP contribution in [0.25, 0.3) is 0 Å². The molecule has 0 unspecified atom stereocenters. The van der Waals surface area contributed by atoms with Gasteiger partial charge in [-0.2, -0.15) is 0 Å². The molecule has 0 aliphatic carbocycles. The van der Waals surface area contributed by atoms with Gasteiger partial charge in [-0.25, -0.2) is 4.79 Å². The first-order valence-electron chi connectivity index (χ1n) is 5.97. The average molecular weight is 262 g/mol. The Morgan fingerprint density at radius 1 is 1.26 bits per heavy atom. The number of hydrogen-bond donors (Lipinski definition) is 2. The van der Waals surface area contributed by atoms with Gasteiger partial charge in [0, 0.05) is 18.7 Å². The molecule has 19 heavy (non-hydrogen) atoms. The number of hydrogen-bond acceptors (Lipinski definition) is 3. The van der Waals surface area contributed by atoms with Crippen molar-refractivity contribution in [2.45, 2.75) is 6.42 Å². The highest BCUT2D eigenvalue weighted by molar-refractivity contribution is 5.99. The third-order valence-electron chi connectivity index (χ3n) is 2.91. The van der Waals surface area contributed by atoms with Crippen molar-refractivity contribution < 1.29 is 19.5 Å². The van der Waals surface area contributed by atoms with Gasteiger partial charge in [0.05, 0.1) is 12.1 Å². The monoisotopic (exact) mass is 262 g/mol. The fourth-order valence-corrected chi connectivity index (χ4v) is 1.95. The lowest BCUT2D eigenvalue weighted by Crippen LogP contribution is -2.37. The van der Waals surface area contributed by atoms with Crippen LogP contribution >= 0.6 is 0 Å². The summed E-state index contributed by atoms with van der Waals surface area (Å²) in [7, 11) is 0. The maximum atomic E-state index is 12.2. The van der Waals surface area contributed by atoms with Crippen molar-refractivity contribution in [1.29, 1.82) is 0 Å². The highest BCUT2D eigenvalue weighted by Crippen LogP contribution is 2.10. The van der Waals surface area contributed by atoms with Crippen LogP contribution in [0.2, 0.25) is 0 Å². The molecule has 6 nitrogen and oxygen atoms in total. The van der Waals surface area contributed by atoms with Crippen LogP contribution < -0.4 is 5.32 Å². The zero-order chi connectivity index (χ0) is 13.8. The van der Waals surface area contributed by atoms with E-state index in [-0.39, 0.29) is 29.5 Å². The molecule has 1 aliphatic rings. The first-order valence-corrected chi connectivity index (χ1v) is 5.97. The van der Waals surface area contributed by atoms with E-state index in [2.05, 4.69) is 5.32 Å². The third kappa shape index (κ3) is 3.09. The van der Waals surface area contributed by atoms with Gasteiger partial charge in [0.1, 0.15) is 0 Å². The normalized spacial score (nSPS) is 15.6. The summed E-state index contributed by atoms with van der Waals surface area (Å²) in [4.78, 5) is 35.9. The van der Waals surface area contributed by atoms with Gasteiger partial charge in [-0.05, 0) is 24.6 Å². The molecule has 0 spiro atoms. The topological polar surface area (TPSA) is 86.7 Å². The van der Waals surface area contributed by atoms with Crippen molar-refractivity contribution >= 4 is 17.8 Å². The quantitative estimate of drug-likeness (QED) is 0.805. The van der Waals surface area contributed by atoms with Crippen molar-refractivity contribution in [3.05, 3.63) is 35.4 Å². The number of nitrogens with one attached hydrogen (secondary N) is 1. The molecular weight excluding hydrogens is 248 g/mol. The predicted molar refractivity (Wildman–Crippen MR) is 66.9 cm³/mol. The van der Waals surface area contributed by atoms with Gasteiger partial charge in [0.15, 0.2) is 0 Å². The van der Waals surface area contributed by atoms with Crippen LogP contribution in [0.15, 0.2) is 24.3 Å². The zero-order valence-corrected chi connectivity index (χ0v) is 10.3. The smallest absolute Gasteiger partial charge is 0.335 e. The Labute approximate surface area is 110 Å². The second-order valence-electron chi connectivity index (χ2n) is 4.32. The molecular formula is C13H14N2O4. The Kier molecular flexibility index (Phi) is 3.79. The van der Waals surface area contributed by atoms with Gasteiger partial charge in [0.2, 0.25) is 5.91 Å². The maximum absolute atomic E-state index is 12.2. The molecule has 0 atom stereocenters. The van der Waals surface area contributed by atoms with E-state index in [1.165, 1.54) is 23.1 Å². The standard InChI is InChI=1S/C13H14N2O4/c16-11-8-15(6-2-5-14-11)12(17)9-3-1-4-10(7-9)13(18)19/h1,3-4,7H,2,5-6,8H2,(H,14,16)(H,18,19). The molecule has 100 valence electrons. The molecule has 1 saturated heterocycles. The number of rotatable bonds is 2. The van der Waals surface area contributed by atoms with Crippen LogP contribution in [-0.4, -0.2) is 47.4 Å². The van der Waals surface area contributed by atoms with E-state index in [9.17, 15) is 14.4 Å². The molecule has 2 N–H and O–H groups in total. The summed E-state index contributed by atoms with van der Waals surface area (Å²) < 4.78 is 0. The van der Waals surface area contributed by atoms with Gasteiger partial charge < -0.3 is 15.3 Å². The van der Waals surface area contributed by atoms with Crippen molar-refractivity contribution in [3.8, 4) is 0 Å².